The van der Waals surface area contributed by atoms with Crippen molar-refractivity contribution in [2.24, 2.45) is 4.99 Å². The molecule has 1 saturated heterocycles. The summed E-state index contributed by atoms with van der Waals surface area (Å²) in [5.41, 5.74) is 0.624. The first kappa shape index (κ1) is 17.9. The van der Waals surface area contributed by atoms with Gasteiger partial charge in [0, 0.05) is 6.21 Å². The normalized spacial score (nSPS) is 20.2. The van der Waals surface area contributed by atoms with E-state index in [9.17, 15) is 8.42 Å². The first-order valence-electron chi connectivity index (χ1n) is 7.52. The standard InChI is InChI=1S/C15H18N4O4S2/c1-10-17-18-14(24-10)19-25(20,21)13-6-4-11(5-7-13)16-8-12-9-22-15(2,3)23-12/h4-8,12H,9H2,1-3H3,(H,18,19)/t12-/m1/s1. The van der Waals surface area contributed by atoms with Gasteiger partial charge < -0.3 is 9.47 Å². The van der Waals surface area contributed by atoms with Gasteiger partial charge in [-0.05, 0) is 45.0 Å². The molecule has 1 N–H and O–H groups in total. The van der Waals surface area contributed by atoms with E-state index in [1.807, 2.05) is 13.8 Å². The number of rotatable bonds is 5. The highest BCUT2D eigenvalue weighted by Crippen LogP contribution is 2.23. The monoisotopic (exact) mass is 382 g/mol. The maximum atomic E-state index is 12.3. The van der Waals surface area contributed by atoms with Crippen molar-refractivity contribution in [3.63, 3.8) is 0 Å². The lowest BCUT2D eigenvalue weighted by Gasteiger charge is -2.15. The highest BCUT2D eigenvalue weighted by Gasteiger charge is 2.31. The summed E-state index contributed by atoms with van der Waals surface area (Å²) in [7, 11) is -3.70. The van der Waals surface area contributed by atoms with Crippen LogP contribution in [-0.4, -0.2) is 43.3 Å². The van der Waals surface area contributed by atoms with Gasteiger partial charge in [0.05, 0.1) is 17.2 Å². The molecule has 2 heterocycles. The van der Waals surface area contributed by atoms with Crippen LogP contribution in [-0.2, 0) is 19.5 Å². The molecule has 0 saturated carbocycles. The number of hydrogen-bond acceptors (Lipinski definition) is 8. The predicted octanol–water partition coefficient (Wildman–Crippen LogP) is 2.50. The van der Waals surface area contributed by atoms with E-state index in [1.54, 1.807) is 25.3 Å². The van der Waals surface area contributed by atoms with E-state index >= 15 is 0 Å². The summed E-state index contributed by atoms with van der Waals surface area (Å²) in [5, 5.41) is 8.46. The minimum atomic E-state index is -3.70. The SMILES string of the molecule is Cc1nnc(NS(=O)(=O)c2ccc(N=C[C@@H]3COC(C)(C)O3)cc2)s1. The largest absolute Gasteiger partial charge is 0.347 e. The van der Waals surface area contributed by atoms with E-state index < -0.39 is 15.8 Å². The number of nitrogens with zero attached hydrogens (tertiary/aromatic N) is 3. The summed E-state index contributed by atoms with van der Waals surface area (Å²) in [6.07, 6.45) is 1.43. The fourth-order valence-electron chi connectivity index (χ4n) is 2.18. The fourth-order valence-corrected chi connectivity index (χ4v) is 4.00. The Morgan fingerprint density at radius 1 is 1.32 bits per heavy atom. The van der Waals surface area contributed by atoms with Crippen LogP contribution in [0.2, 0.25) is 0 Å². The van der Waals surface area contributed by atoms with Gasteiger partial charge in [-0.3, -0.25) is 9.71 Å². The molecule has 0 aliphatic carbocycles. The Balaban J connectivity index is 1.67. The van der Waals surface area contributed by atoms with Crippen LogP contribution >= 0.6 is 11.3 Å². The van der Waals surface area contributed by atoms with Crippen LogP contribution in [0.4, 0.5) is 10.8 Å². The second kappa shape index (κ2) is 6.79. The number of benzene rings is 1. The molecule has 0 radical (unpaired) electrons. The number of sulfonamides is 1. The molecule has 1 aromatic heterocycles. The van der Waals surface area contributed by atoms with E-state index in [2.05, 4.69) is 19.9 Å². The van der Waals surface area contributed by atoms with Crippen LogP contribution in [0.5, 0.6) is 0 Å². The summed E-state index contributed by atoms with van der Waals surface area (Å²) in [4.78, 5) is 4.42. The average molecular weight is 382 g/mol. The molecule has 2 aromatic rings. The minimum absolute atomic E-state index is 0.126. The van der Waals surface area contributed by atoms with E-state index in [1.165, 1.54) is 23.5 Å². The molecule has 3 rings (SSSR count). The molecule has 1 aliphatic rings. The van der Waals surface area contributed by atoms with Gasteiger partial charge in [-0.25, -0.2) is 8.42 Å². The number of ether oxygens (including phenoxy) is 2. The van der Waals surface area contributed by atoms with Crippen LogP contribution in [0.15, 0.2) is 34.2 Å². The van der Waals surface area contributed by atoms with Gasteiger partial charge in [0.15, 0.2) is 5.79 Å². The van der Waals surface area contributed by atoms with Crippen molar-refractivity contribution in [3.05, 3.63) is 29.3 Å². The van der Waals surface area contributed by atoms with Gasteiger partial charge in [0.25, 0.3) is 10.0 Å². The summed E-state index contributed by atoms with van der Waals surface area (Å²) in [6.45, 7) is 5.87. The maximum Gasteiger partial charge on any atom is 0.263 e. The number of anilines is 1. The van der Waals surface area contributed by atoms with E-state index in [4.69, 9.17) is 9.47 Å². The summed E-state index contributed by atoms with van der Waals surface area (Å²) in [5.74, 6) is -0.608. The van der Waals surface area contributed by atoms with Crippen molar-refractivity contribution in [2.75, 3.05) is 11.3 Å². The zero-order valence-electron chi connectivity index (χ0n) is 14.0. The van der Waals surface area contributed by atoms with Crippen LogP contribution < -0.4 is 4.72 Å². The zero-order valence-corrected chi connectivity index (χ0v) is 15.6. The van der Waals surface area contributed by atoms with Gasteiger partial charge >= 0.3 is 0 Å². The third kappa shape index (κ3) is 4.60. The molecule has 0 spiro atoms. The summed E-state index contributed by atoms with van der Waals surface area (Å²) in [6, 6.07) is 6.21. The Morgan fingerprint density at radius 2 is 2.04 bits per heavy atom. The highest BCUT2D eigenvalue weighted by molar-refractivity contribution is 7.93. The van der Waals surface area contributed by atoms with E-state index in [-0.39, 0.29) is 16.1 Å². The second-order valence-corrected chi connectivity index (χ2v) is 8.73. The van der Waals surface area contributed by atoms with Crippen LogP contribution in [0.1, 0.15) is 18.9 Å². The number of aliphatic imine (C=N–C) groups is 1. The lowest BCUT2D eigenvalue weighted by Crippen LogP contribution is -2.21. The topological polar surface area (TPSA) is 103 Å². The molecule has 25 heavy (non-hydrogen) atoms. The lowest BCUT2D eigenvalue weighted by atomic mass is 10.3. The Bertz CT molecular complexity index is 875. The molecule has 8 nitrogen and oxygen atoms in total. The smallest absolute Gasteiger partial charge is 0.263 e. The first-order valence-corrected chi connectivity index (χ1v) is 9.82. The van der Waals surface area contributed by atoms with Gasteiger partial charge in [0.1, 0.15) is 11.1 Å². The molecule has 0 bridgehead atoms. The molecule has 0 amide bonds. The highest BCUT2D eigenvalue weighted by atomic mass is 32.2. The number of aromatic nitrogens is 2. The molecule has 1 atom stereocenters. The lowest BCUT2D eigenvalue weighted by molar-refractivity contribution is -0.130. The van der Waals surface area contributed by atoms with Crippen LogP contribution in [0.25, 0.3) is 0 Å². The van der Waals surface area contributed by atoms with Gasteiger partial charge in [-0.15, -0.1) is 10.2 Å². The van der Waals surface area contributed by atoms with Gasteiger partial charge in [-0.1, -0.05) is 11.3 Å². The molecule has 0 unspecified atom stereocenters. The molecular weight excluding hydrogens is 364 g/mol. The van der Waals surface area contributed by atoms with Gasteiger partial charge in [-0.2, -0.15) is 0 Å². The first-order chi connectivity index (χ1) is 11.7. The molecule has 134 valence electrons. The molecule has 1 fully saturated rings. The maximum absolute atomic E-state index is 12.3. The van der Waals surface area contributed by atoms with Crippen molar-refractivity contribution < 1.29 is 17.9 Å². The van der Waals surface area contributed by atoms with Crippen LogP contribution in [0, 0.1) is 6.92 Å². The Labute approximate surface area is 150 Å². The fraction of sp³-hybridized carbons (Fsp3) is 0.400. The molecular formula is C15H18N4O4S2. The quantitative estimate of drug-likeness (QED) is 0.797. The average Bonchev–Trinajstić information content (AvgIpc) is 3.10. The Hall–Kier alpha value is -1.88. The Kier molecular flexibility index (Phi) is 4.87. The van der Waals surface area contributed by atoms with E-state index in [0.717, 1.165) is 0 Å². The second-order valence-electron chi connectivity index (χ2n) is 5.87. The van der Waals surface area contributed by atoms with Gasteiger partial charge in [0.2, 0.25) is 5.13 Å². The van der Waals surface area contributed by atoms with Crippen LogP contribution in [0.3, 0.4) is 0 Å². The number of hydrogen-bond donors (Lipinski definition) is 1. The number of aryl methyl sites for hydroxylation is 1. The summed E-state index contributed by atoms with van der Waals surface area (Å²) >= 11 is 1.17. The minimum Gasteiger partial charge on any atom is -0.347 e. The summed E-state index contributed by atoms with van der Waals surface area (Å²) < 4.78 is 38.1. The van der Waals surface area contributed by atoms with Crippen molar-refractivity contribution in [3.8, 4) is 0 Å². The predicted molar refractivity (Wildman–Crippen MR) is 95.0 cm³/mol. The third-order valence-electron chi connectivity index (χ3n) is 3.31. The molecule has 1 aliphatic heterocycles. The third-order valence-corrected chi connectivity index (χ3v) is 5.55. The zero-order chi connectivity index (χ0) is 18.1. The van der Waals surface area contributed by atoms with Crippen molar-refractivity contribution >= 4 is 38.4 Å². The van der Waals surface area contributed by atoms with E-state index in [0.29, 0.717) is 17.3 Å². The molecule has 1 aromatic carbocycles. The Morgan fingerprint density at radius 3 is 2.60 bits per heavy atom. The van der Waals surface area contributed by atoms with Crippen molar-refractivity contribution in [1.82, 2.24) is 10.2 Å². The molecule has 10 heteroatoms. The van der Waals surface area contributed by atoms with Crippen molar-refractivity contribution in [1.29, 1.82) is 0 Å². The number of nitrogens with one attached hydrogen (secondary N) is 1. The van der Waals surface area contributed by atoms with Crippen molar-refractivity contribution in [2.45, 2.75) is 37.6 Å².